The summed E-state index contributed by atoms with van der Waals surface area (Å²) in [7, 11) is 0. The molecule has 1 atom stereocenters. The maximum absolute atomic E-state index is 12.4. The molecule has 0 spiro atoms. The molecule has 0 aromatic heterocycles. The van der Waals surface area contributed by atoms with E-state index in [-0.39, 0.29) is 16.7 Å². The average molecular weight is 328 g/mol. The minimum Gasteiger partial charge on any atom is -0.478 e. The Labute approximate surface area is 136 Å². The number of anilines is 2. The van der Waals surface area contributed by atoms with Crippen molar-refractivity contribution in [2.45, 2.75) is 5.37 Å². The lowest BCUT2D eigenvalue weighted by molar-refractivity contribution is -0.116. The van der Waals surface area contributed by atoms with Gasteiger partial charge in [-0.05, 0) is 48.2 Å². The smallest absolute Gasteiger partial charge is 0.335 e. The quantitative estimate of drug-likeness (QED) is 0.897. The van der Waals surface area contributed by atoms with E-state index in [9.17, 15) is 14.4 Å². The normalized spacial score (nSPS) is 17.4. The summed E-state index contributed by atoms with van der Waals surface area (Å²) in [6.45, 7) is 0. The molecule has 1 heterocycles. The van der Waals surface area contributed by atoms with Gasteiger partial charge in [-0.3, -0.25) is 9.59 Å². The highest BCUT2D eigenvalue weighted by atomic mass is 32.2. The van der Waals surface area contributed by atoms with E-state index in [0.717, 1.165) is 16.7 Å². The van der Waals surface area contributed by atoms with Gasteiger partial charge in [-0.25, -0.2) is 9.69 Å². The van der Waals surface area contributed by atoms with Gasteiger partial charge >= 0.3 is 5.97 Å². The summed E-state index contributed by atoms with van der Waals surface area (Å²) in [5, 5.41) is 10.7. The maximum Gasteiger partial charge on any atom is 0.335 e. The van der Waals surface area contributed by atoms with Gasteiger partial charge < -0.3 is 10.4 Å². The van der Waals surface area contributed by atoms with Gasteiger partial charge in [0.15, 0.2) is 5.37 Å². The van der Waals surface area contributed by atoms with E-state index in [2.05, 4.69) is 5.32 Å². The molecule has 6 nitrogen and oxygen atoms in total. The number of thioether (sulfide) groups is 1. The molecule has 1 aliphatic heterocycles. The lowest BCUT2D eigenvalue weighted by atomic mass is 10.2. The van der Waals surface area contributed by atoms with Crippen LogP contribution in [0.1, 0.15) is 10.4 Å². The minimum atomic E-state index is -1.02. The van der Waals surface area contributed by atoms with Crippen molar-refractivity contribution in [2.24, 2.45) is 0 Å². The number of carboxylic acid groups (broad SMARTS) is 1. The Kier molecular flexibility index (Phi) is 4.03. The van der Waals surface area contributed by atoms with Crippen LogP contribution in [0, 0.1) is 0 Å². The Bertz CT molecular complexity index is 761. The van der Waals surface area contributed by atoms with Crippen molar-refractivity contribution < 1.29 is 19.5 Å². The van der Waals surface area contributed by atoms with Crippen molar-refractivity contribution in [1.29, 1.82) is 0 Å². The lowest BCUT2D eigenvalue weighted by Crippen LogP contribution is -2.34. The van der Waals surface area contributed by atoms with E-state index >= 15 is 0 Å². The fourth-order valence-corrected chi connectivity index (χ4v) is 3.08. The third-order valence-corrected chi connectivity index (χ3v) is 4.23. The molecule has 1 saturated heterocycles. The van der Waals surface area contributed by atoms with Crippen molar-refractivity contribution in [2.75, 3.05) is 10.2 Å². The number of nitrogens with one attached hydrogen (secondary N) is 1. The fourth-order valence-electron chi connectivity index (χ4n) is 2.17. The molecule has 1 aliphatic rings. The Hall–Kier alpha value is -2.80. The summed E-state index contributed by atoms with van der Waals surface area (Å²) >= 11 is 0.892. The molecule has 3 rings (SSSR count). The number of nitrogens with zero attached hydrogens (tertiary/aromatic N) is 1. The van der Waals surface area contributed by atoms with Crippen LogP contribution in [0.5, 0.6) is 0 Å². The molecule has 2 amide bonds. The fraction of sp³-hybridized carbons (Fsp3) is 0.0625. The first kappa shape index (κ1) is 15.1. The van der Waals surface area contributed by atoms with E-state index in [4.69, 9.17) is 5.11 Å². The summed E-state index contributed by atoms with van der Waals surface area (Å²) in [4.78, 5) is 36.5. The molecule has 23 heavy (non-hydrogen) atoms. The predicted molar refractivity (Wildman–Crippen MR) is 87.7 cm³/mol. The van der Waals surface area contributed by atoms with E-state index in [1.54, 1.807) is 42.5 Å². The van der Waals surface area contributed by atoms with Gasteiger partial charge in [-0.2, -0.15) is 0 Å². The van der Waals surface area contributed by atoms with Gasteiger partial charge in [0.1, 0.15) is 0 Å². The molecule has 1 unspecified atom stereocenters. The number of hydrogen-bond donors (Lipinski definition) is 2. The third kappa shape index (κ3) is 3.04. The second-order valence-electron chi connectivity index (χ2n) is 4.80. The molecule has 2 N–H and O–H groups in total. The number of aromatic carboxylic acids is 1. The first-order valence-corrected chi connectivity index (χ1v) is 7.64. The second-order valence-corrected chi connectivity index (χ2v) is 5.86. The van der Waals surface area contributed by atoms with Crippen LogP contribution in [-0.2, 0) is 4.79 Å². The van der Waals surface area contributed by atoms with Gasteiger partial charge in [0.2, 0.25) is 0 Å². The van der Waals surface area contributed by atoms with Gasteiger partial charge in [0, 0.05) is 5.69 Å². The van der Waals surface area contributed by atoms with Crippen molar-refractivity contribution in [3.8, 4) is 0 Å². The standard InChI is InChI=1S/C16H12N2O4S/c19-14-13(17-11-8-6-10(7-9-11)15(20)21)23-16(22)18(14)12-4-2-1-3-5-12/h1-9,13,17H,(H,20,21). The summed E-state index contributed by atoms with van der Waals surface area (Å²) in [6.07, 6.45) is 0. The molecule has 0 radical (unpaired) electrons. The van der Waals surface area contributed by atoms with Gasteiger partial charge in [-0.1, -0.05) is 18.2 Å². The van der Waals surface area contributed by atoms with E-state index in [1.165, 1.54) is 12.1 Å². The molecule has 0 bridgehead atoms. The number of carbonyl (C=O) groups is 3. The molecule has 2 aromatic rings. The molecule has 0 aliphatic carbocycles. The zero-order chi connectivity index (χ0) is 16.4. The monoisotopic (exact) mass is 328 g/mol. The van der Waals surface area contributed by atoms with E-state index in [1.807, 2.05) is 0 Å². The molecule has 0 saturated carbocycles. The Balaban J connectivity index is 1.76. The third-order valence-electron chi connectivity index (χ3n) is 3.29. The topological polar surface area (TPSA) is 86.7 Å². The number of para-hydroxylation sites is 1. The molecular formula is C16H12N2O4S. The Morgan fingerprint density at radius 1 is 1.04 bits per heavy atom. The summed E-state index contributed by atoms with van der Waals surface area (Å²) in [5.74, 6) is -1.37. The highest BCUT2D eigenvalue weighted by Crippen LogP contribution is 2.32. The van der Waals surface area contributed by atoms with Crippen molar-refractivity contribution >= 4 is 40.3 Å². The maximum atomic E-state index is 12.4. The molecule has 1 fully saturated rings. The second kappa shape index (κ2) is 6.13. The summed E-state index contributed by atoms with van der Waals surface area (Å²) in [5.41, 5.74) is 1.26. The SMILES string of the molecule is O=C(O)c1ccc(NC2SC(=O)N(c3ccccc3)C2=O)cc1. The van der Waals surface area contributed by atoms with Crippen molar-refractivity contribution in [3.05, 3.63) is 60.2 Å². The number of rotatable bonds is 4. The Morgan fingerprint density at radius 2 is 1.70 bits per heavy atom. The average Bonchev–Trinajstić information content (AvgIpc) is 2.82. The highest BCUT2D eigenvalue weighted by molar-refractivity contribution is 8.16. The zero-order valence-electron chi connectivity index (χ0n) is 11.8. The molecule has 7 heteroatoms. The number of amides is 2. The van der Waals surface area contributed by atoms with Gasteiger partial charge in [0.05, 0.1) is 11.3 Å². The van der Waals surface area contributed by atoms with Crippen LogP contribution in [-0.4, -0.2) is 27.6 Å². The number of benzene rings is 2. The van der Waals surface area contributed by atoms with Gasteiger partial charge in [-0.15, -0.1) is 0 Å². The number of carboxylic acids is 1. The van der Waals surface area contributed by atoms with Crippen LogP contribution in [0.3, 0.4) is 0 Å². The van der Waals surface area contributed by atoms with Crippen LogP contribution in [0.25, 0.3) is 0 Å². The number of hydrogen-bond acceptors (Lipinski definition) is 5. The first-order valence-electron chi connectivity index (χ1n) is 6.76. The zero-order valence-corrected chi connectivity index (χ0v) is 12.6. The van der Waals surface area contributed by atoms with Crippen LogP contribution in [0.15, 0.2) is 54.6 Å². The lowest BCUT2D eigenvalue weighted by Gasteiger charge is -2.14. The van der Waals surface area contributed by atoms with Crippen LogP contribution in [0.4, 0.5) is 16.2 Å². The largest absolute Gasteiger partial charge is 0.478 e. The van der Waals surface area contributed by atoms with Crippen molar-refractivity contribution in [1.82, 2.24) is 0 Å². The summed E-state index contributed by atoms with van der Waals surface area (Å²) in [6, 6.07) is 14.7. The van der Waals surface area contributed by atoms with E-state index < -0.39 is 11.3 Å². The predicted octanol–water partition coefficient (Wildman–Crippen LogP) is 3.02. The minimum absolute atomic E-state index is 0.156. The number of carbonyl (C=O) groups excluding carboxylic acids is 2. The van der Waals surface area contributed by atoms with Gasteiger partial charge in [0.25, 0.3) is 11.1 Å². The summed E-state index contributed by atoms with van der Waals surface area (Å²) < 4.78 is 0. The highest BCUT2D eigenvalue weighted by Gasteiger charge is 2.40. The van der Waals surface area contributed by atoms with Crippen LogP contribution >= 0.6 is 11.8 Å². The van der Waals surface area contributed by atoms with E-state index in [0.29, 0.717) is 11.4 Å². The molecular weight excluding hydrogens is 316 g/mol. The van der Waals surface area contributed by atoms with Crippen LogP contribution in [0.2, 0.25) is 0 Å². The molecule has 116 valence electrons. The Morgan fingerprint density at radius 3 is 2.30 bits per heavy atom. The van der Waals surface area contributed by atoms with Crippen LogP contribution < -0.4 is 10.2 Å². The molecule has 2 aromatic carbocycles. The number of imide groups is 1. The first-order chi connectivity index (χ1) is 11.1. The van der Waals surface area contributed by atoms with Crippen molar-refractivity contribution in [3.63, 3.8) is 0 Å².